The van der Waals surface area contributed by atoms with E-state index in [1.807, 2.05) is 73.5 Å². The number of nitrogens with zero attached hydrogens (tertiary/aromatic N) is 2. The third-order valence-electron chi connectivity index (χ3n) is 5.52. The summed E-state index contributed by atoms with van der Waals surface area (Å²) >= 11 is 19.0. The van der Waals surface area contributed by atoms with E-state index in [-0.39, 0.29) is 12.1 Å². The van der Waals surface area contributed by atoms with Crippen molar-refractivity contribution in [2.24, 2.45) is 5.10 Å². The summed E-state index contributed by atoms with van der Waals surface area (Å²) in [7, 11) is 0. The molecule has 2 unspecified atom stereocenters. The van der Waals surface area contributed by atoms with Crippen molar-refractivity contribution in [2.75, 3.05) is 0 Å². The number of ether oxygens (including phenoxy) is 2. The summed E-state index contributed by atoms with van der Waals surface area (Å²) in [5.41, 5.74) is 3.89. The quantitative estimate of drug-likeness (QED) is 0.378. The van der Waals surface area contributed by atoms with Crippen LogP contribution in [0.4, 0.5) is 0 Å². The first kappa shape index (κ1) is 21.4. The topological polar surface area (TPSA) is 34.1 Å². The maximum Gasteiger partial charge on any atom is 0.213 e. The second-order valence-corrected chi connectivity index (χ2v) is 9.45. The van der Waals surface area contributed by atoms with Gasteiger partial charge in [0, 0.05) is 27.6 Å². The van der Waals surface area contributed by atoms with Gasteiger partial charge in [-0.05, 0) is 67.9 Å². The van der Waals surface area contributed by atoms with Gasteiger partial charge in [0.25, 0.3) is 0 Å². The zero-order chi connectivity index (χ0) is 22.4. The molecule has 4 nitrogen and oxygen atoms in total. The Morgan fingerprint density at radius 2 is 1.69 bits per heavy atom. The third-order valence-corrected chi connectivity index (χ3v) is 6.27. The molecule has 0 N–H and O–H groups in total. The minimum Gasteiger partial charge on any atom is -0.491 e. The lowest BCUT2D eigenvalue weighted by Gasteiger charge is -2.38. The van der Waals surface area contributed by atoms with E-state index in [1.165, 1.54) is 0 Å². The van der Waals surface area contributed by atoms with Crippen LogP contribution in [-0.2, 0) is 0 Å². The lowest BCUT2D eigenvalue weighted by atomic mass is 9.96. The summed E-state index contributed by atoms with van der Waals surface area (Å²) in [4.78, 5) is 0. The highest BCUT2D eigenvalue weighted by Crippen LogP contribution is 2.50. The van der Waals surface area contributed by atoms with E-state index in [0.717, 1.165) is 28.2 Å². The van der Waals surface area contributed by atoms with Gasteiger partial charge in [0.1, 0.15) is 11.5 Å². The molecule has 0 amide bonds. The molecule has 0 bridgehead atoms. The molecular weight excluding hydrogens is 467 g/mol. The number of halogens is 3. The van der Waals surface area contributed by atoms with Gasteiger partial charge in [0.15, 0.2) is 0 Å². The highest BCUT2D eigenvalue weighted by molar-refractivity contribution is 6.35. The summed E-state index contributed by atoms with van der Waals surface area (Å²) in [5.74, 6) is 1.46. The molecule has 0 aromatic heterocycles. The van der Waals surface area contributed by atoms with Gasteiger partial charge in [-0.25, -0.2) is 5.01 Å². The van der Waals surface area contributed by atoms with E-state index >= 15 is 0 Å². The second-order valence-electron chi connectivity index (χ2n) is 8.17. The maximum atomic E-state index is 6.54. The van der Waals surface area contributed by atoms with E-state index in [1.54, 1.807) is 6.07 Å². The van der Waals surface area contributed by atoms with Gasteiger partial charge in [-0.1, -0.05) is 46.9 Å². The fraction of sp³-hybridized carbons (Fsp3) is 0.240. The van der Waals surface area contributed by atoms with Crippen LogP contribution in [0, 0.1) is 0 Å². The van der Waals surface area contributed by atoms with Crippen LogP contribution in [0.2, 0.25) is 15.1 Å². The molecule has 0 spiro atoms. The highest BCUT2D eigenvalue weighted by atomic mass is 35.5. The Bertz CT molecular complexity index is 1180. The van der Waals surface area contributed by atoms with E-state index < -0.39 is 6.23 Å². The summed E-state index contributed by atoms with van der Waals surface area (Å²) in [6.07, 6.45) is 0.389. The van der Waals surface area contributed by atoms with Crippen molar-refractivity contribution in [3.8, 4) is 11.5 Å². The molecule has 3 aromatic carbocycles. The molecule has 2 heterocycles. The Hall–Kier alpha value is -2.40. The zero-order valence-corrected chi connectivity index (χ0v) is 19.8. The SMILES string of the molecule is CC(C)Oc1ccc(C2Oc3c(Cl)cc(Cl)cc3C3CC(c4ccc(Cl)cc4)=NN32)cc1. The van der Waals surface area contributed by atoms with Gasteiger partial charge >= 0.3 is 0 Å². The number of rotatable bonds is 4. The molecule has 32 heavy (non-hydrogen) atoms. The number of fused-ring (bicyclic) bond motifs is 3. The molecule has 0 fully saturated rings. The monoisotopic (exact) mass is 486 g/mol. The second kappa shape index (κ2) is 8.51. The predicted molar refractivity (Wildman–Crippen MR) is 129 cm³/mol. The lowest BCUT2D eigenvalue weighted by Crippen LogP contribution is -2.33. The van der Waals surface area contributed by atoms with Gasteiger partial charge in [-0.15, -0.1) is 0 Å². The van der Waals surface area contributed by atoms with Gasteiger partial charge < -0.3 is 9.47 Å². The van der Waals surface area contributed by atoms with Gasteiger partial charge in [0.05, 0.1) is 22.9 Å². The van der Waals surface area contributed by atoms with Crippen LogP contribution in [-0.4, -0.2) is 16.8 Å². The fourth-order valence-electron chi connectivity index (χ4n) is 4.13. The first-order valence-electron chi connectivity index (χ1n) is 10.4. The van der Waals surface area contributed by atoms with Crippen molar-refractivity contribution in [2.45, 2.75) is 38.6 Å². The average molecular weight is 488 g/mol. The number of benzene rings is 3. The molecule has 2 aliphatic rings. The summed E-state index contributed by atoms with van der Waals surface area (Å²) in [5, 5.41) is 8.72. The average Bonchev–Trinajstić information content (AvgIpc) is 3.20. The van der Waals surface area contributed by atoms with Crippen LogP contribution in [0.25, 0.3) is 0 Å². The van der Waals surface area contributed by atoms with E-state index in [4.69, 9.17) is 49.4 Å². The van der Waals surface area contributed by atoms with Crippen molar-refractivity contribution >= 4 is 40.5 Å². The molecule has 7 heteroatoms. The largest absolute Gasteiger partial charge is 0.491 e. The molecule has 5 rings (SSSR count). The molecule has 0 aliphatic carbocycles. The normalized spacial score (nSPS) is 19.3. The smallest absolute Gasteiger partial charge is 0.213 e. The fourth-order valence-corrected chi connectivity index (χ4v) is 4.81. The van der Waals surface area contributed by atoms with E-state index in [2.05, 4.69) is 0 Å². The minimum absolute atomic E-state index is 0.0442. The van der Waals surface area contributed by atoms with Crippen LogP contribution >= 0.6 is 34.8 Å². The molecule has 0 radical (unpaired) electrons. The molecule has 2 aliphatic heterocycles. The van der Waals surface area contributed by atoms with Crippen molar-refractivity contribution in [3.63, 3.8) is 0 Å². The van der Waals surface area contributed by atoms with E-state index in [0.29, 0.717) is 27.2 Å². The lowest BCUT2D eigenvalue weighted by molar-refractivity contribution is -0.0189. The minimum atomic E-state index is -0.427. The Balaban J connectivity index is 1.56. The van der Waals surface area contributed by atoms with Crippen LogP contribution < -0.4 is 9.47 Å². The Kier molecular flexibility index (Phi) is 5.70. The highest BCUT2D eigenvalue weighted by Gasteiger charge is 2.42. The predicted octanol–water partition coefficient (Wildman–Crippen LogP) is 7.68. The summed E-state index contributed by atoms with van der Waals surface area (Å²) < 4.78 is 12.2. The molecule has 0 saturated heterocycles. The molecule has 3 aromatic rings. The van der Waals surface area contributed by atoms with Gasteiger partial charge in [-0.3, -0.25) is 0 Å². The van der Waals surface area contributed by atoms with Crippen molar-refractivity contribution in [1.29, 1.82) is 0 Å². The van der Waals surface area contributed by atoms with Crippen molar-refractivity contribution < 1.29 is 9.47 Å². The van der Waals surface area contributed by atoms with Crippen LogP contribution in [0.1, 0.15) is 49.2 Å². The van der Waals surface area contributed by atoms with Crippen LogP contribution in [0.5, 0.6) is 11.5 Å². The summed E-state index contributed by atoms with van der Waals surface area (Å²) in [6, 6.07) is 19.2. The van der Waals surface area contributed by atoms with Crippen molar-refractivity contribution in [1.82, 2.24) is 5.01 Å². The number of hydrogen-bond donors (Lipinski definition) is 0. The molecular formula is C25H21Cl3N2O2. The van der Waals surface area contributed by atoms with Gasteiger partial charge in [-0.2, -0.15) is 5.10 Å². The Morgan fingerprint density at radius 3 is 2.38 bits per heavy atom. The Labute approximate surface area is 202 Å². The summed E-state index contributed by atoms with van der Waals surface area (Å²) in [6.45, 7) is 4.01. The molecule has 164 valence electrons. The molecule has 0 saturated carbocycles. The number of hydrogen-bond acceptors (Lipinski definition) is 4. The Morgan fingerprint density at radius 1 is 0.969 bits per heavy atom. The van der Waals surface area contributed by atoms with E-state index in [9.17, 15) is 0 Å². The van der Waals surface area contributed by atoms with Crippen molar-refractivity contribution in [3.05, 3.63) is 92.4 Å². The first-order valence-corrected chi connectivity index (χ1v) is 11.6. The van der Waals surface area contributed by atoms with Crippen LogP contribution in [0.3, 0.4) is 0 Å². The first-order chi connectivity index (χ1) is 15.4. The third kappa shape index (κ3) is 4.03. The van der Waals surface area contributed by atoms with Crippen LogP contribution in [0.15, 0.2) is 65.8 Å². The zero-order valence-electron chi connectivity index (χ0n) is 17.6. The maximum absolute atomic E-state index is 6.54. The molecule has 2 atom stereocenters. The standard InChI is InChI=1S/C25H21Cl3N2O2/c1-14(2)31-19-9-5-16(6-10-19)25-30-23(20-11-18(27)12-21(28)24(20)32-25)13-22(29-30)15-3-7-17(26)8-4-15/h3-12,14,23,25H,13H2,1-2H3. The van der Waals surface area contributed by atoms with Gasteiger partial charge in [0.2, 0.25) is 6.23 Å². The number of hydrazone groups is 1.